The van der Waals surface area contributed by atoms with Gasteiger partial charge in [-0.1, -0.05) is 13.8 Å². The van der Waals surface area contributed by atoms with E-state index in [2.05, 4.69) is 5.32 Å². The molecule has 0 spiro atoms. The van der Waals surface area contributed by atoms with Crippen molar-refractivity contribution in [3.8, 4) is 0 Å². The number of ether oxygens (including phenoxy) is 2. The Morgan fingerprint density at radius 1 is 0.742 bits per heavy atom. The Balaban J connectivity index is 5.61. The van der Waals surface area contributed by atoms with E-state index in [1.165, 1.54) is 0 Å². The van der Waals surface area contributed by atoms with Crippen molar-refractivity contribution in [2.45, 2.75) is 54.4 Å². The minimum absolute atomic E-state index is 0.131. The SMILES string of the molecule is CCNC(=O)C(C)(C)CC(C)(CC(C)(C)C(=O)OCCN(C)C)C(=O)OCCN(C)C. The molecule has 0 aromatic heterocycles. The molecule has 8 heteroatoms. The monoisotopic (exact) mass is 443 g/mol. The van der Waals surface area contributed by atoms with Crippen molar-refractivity contribution in [2.24, 2.45) is 16.2 Å². The van der Waals surface area contributed by atoms with Gasteiger partial charge in [0.25, 0.3) is 0 Å². The first-order valence-electron chi connectivity index (χ1n) is 11.0. The second-order valence-corrected chi connectivity index (χ2v) is 10.4. The Labute approximate surface area is 189 Å². The first kappa shape index (κ1) is 29.3. The summed E-state index contributed by atoms with van der Waals surface area (Å²) in [4.78, 5) is 42.4. The third-order valence-electron chi connectivity index (χ3n) is 5.20. The quantitative estimate of drug-likeness (QED) is 0.412. The standard InChI is InChI=1S/C23H45N3O5/c1-11-24-18(27)21(2,3)16-23(6,20(29)31-15-13-26(9)10)17-22(4,5)19(28)30-14-12-25(7)8/h11-17H2,1-10H3,(H,24,27). The van der Waals surface area contributed by atoms with Gasteiger partial charge in [0.15, 0.2) is 0 Å². The smallest absolute Gasteiger partial charge is 0.311 e. The molecular formula is C23H45N3O5. The molecule has 0 aliphatic rings. The predicted molar refractivity (Wildman–Crippen MR) is 123 cm³/mol. The van der Waals surface area contributed by atoms with Crippen LogP contribution in [0.25, 0.3) is 0 Å². The number of rotatable bonds is 14. The summed E-state index contributed by atoms with van der Waals surface area (Å²) in [6.45, 7) is 13.1. The van der Waals surface area contributed by atoms with Gasteiger partial charge < -0.3 is 24.6 Å². The van der Waals surface area contributed by atoms with Crippen LogP contribution in [0, 0.1) is 16.2 Å². The van der Waals surface area contributed by atoms with Gasteiger partial charge in [0.1, 0.15) is 13.2 Å². The van der Waals surface area contributed by atoms with Crippen LogP contribution in [-0.4, -0.2) is 88.7 Å². The van der Waals surface area contributed by atoms with Gasteiger partial charge in [0.05, 0.1) is 10.8 Å². The largest absolute Gasteiger partial charge is 0.464 e. The van der Waals surface area contributed by atoms with Crippen molar-refractivity contribution in [1.29, 1.82) is 0 Å². The highest BCUT2D eigenvalue weighted by molar-refractivity contribution is 5.84. The van der Waals surface area contributed by atoms with Crippen LogP contribution >= 0.6 is 0 Å². The van der Waals surface area contributed by atoms with Crippen LogP contribution in [0.1, 0.15) is 54.4 Å². The van der Waals surface area contributed by atoms with Gasteiger partial charge in [-0.3, -0.25) is 14.4 Å². The normalized spacial score (nSPS) is 14.3. The Hall–Kier alpha value is -1.67. The number of amides is 1. The van der Waals surface area contributed by atoms with Gasteiger partial charge in [-0.05, 0) is 68.7 Å². The minimum Gasteiger partial charge on any atom is -0.464 e. The maximum absolute atomic E-state index is 13.2. The van der Waals surface area contributed by atoms with Crippen molar-refractivity contribution in [3.63, 3.8) is 0 Å². The fourth-order valence-electron chi connectivity index (χ4n) is 3.72. The highest BCUT2D eigenvalue weighted by atomic mass is 16.5. The molecule has 0 radical (unpaired) electrons. The molecule has 0 heterocycles. The molecule has 0 saturated heterocycles. The second kappa shape index (κ2) is 12.4. The Bertz CT molecular complexity index is 602. The predicted octanol–water partition coefficient (Wildman–Crippen LogP) is 2.17. The zero-order chi connectivity index (χ0) is 24.5. The van der Waals surface area contributed by atoms with E-state index >= 15 is 0 Å². The molecule has 182 valence electrons. The lowest BCUT2D eigenvalue weighted by molar-refractivity contribution is -0.165. The van der Waals surface area contributed by atoms with E-state index in [1.54, 1.807) is 20.8 Å². The Morgan fingerprint density at radius 3 is 1.58 bits per heavy atom. The first-order chi connectivity index (χ1) is 14.1. The number of nitrogens with zero attached hydrogens (tertiary/aromatic N) is 2. The topological polar surface area (TPSA) is 88.2 Å². The van der Waals surface area contributed by atoms with E-state index in [1.807, 2.05) is 58.8 Å². The lowest BCUT2D eigenvalue weighted by atomic mass is 9.66. The van der Waals surface area contributed by atoms with Gasteiger partial charge in [-0.15, -0.1) is 0 Å². The zero-order valence-corrected chi connectivity index (χ0v) is 21.4. The van der Waals surface area contributed by atoms with Crippen LogP contribution < -0.4 is 5.32 Å². The van der Waals surface area contributed by atoms with Crippen LogP contribution in [0.15, 0.2) is 0 Å². The maximum atomic E-state index is 13.2. The van der Waals surface area contributed by atoms with Gasteiger partial charge in [0.2, 0.25) is 5.91 Å². The third kappa shape index (κ3) is 10.5. The number of carbonyl (C=O) groups excluding carboxylic acids is 3. The second-order valence-electron chi connectivity index (χ2n) is 10.4. The summed E-state index contributed by atoms with van der Waals surface area (Å²) in [5.74, 6) is -0.896. The number of esters is 2. The summed E-state index contributed by atoms with van der Waals surface area (Å²) in [6, 6.07) is 0. The lowest BCUT2D eigenvalue weighted by Crippen LogP contribution is -2.46. The minimum atomic E-state index is -1.04. The lowest BCUT2D eigenvalue weighted by Gasteiger charge is -2.39. The fourth-order valence-corrected chi connectivity index (χ4v) is 3.72. The Kier molecular flexibility index (Phi) is 11.7. The number of hydrogen-bond acceptors (Lipinski definition) is 7. The summed E-state index contributed by atoms with van der Waals surface area (Å²) < 4.78 is 11.0. The first-order valence-corrected chi connectivity index (χ1v) is 11.0. The molecule has 0 aromatic carbocycles. The molecule has 0 aromatic rings. The molecule has 1 unspecified atom stereocenters. The summed E-state index contributed by atoms with van der Waals surface area (Å²) >= 11 is 0. The molecule has 0 fully saturated rings. The van der Waals surface area contributed by atoms with Gasteiger partial charge in [-0.25, -0.2) is 0 Å². The zero-order valence-electron chi connectivity index (χ0n) is 21.4. The van der Waals surface area contributed by atoms with E-state index in [-0.39, 0.29) is 37.9 Å². The van der Waals surface area contributed by atoms with Gasteiger partial charge >= 0.3 is 11.9 Å². The molecule has 0 saturated carbocycles. The van der Waals surface area contributed by atoms with Crippen LogP contribution in [0.2, 0.25) is 0 Å². The highest BCUT2D eigenvalue weighted by Crippen LogP contribution is 2.44. The van der Waals surface area contributed by atoms with Crippen LogP contribution in [0.4, 0.5) is 0 Å². The van der Waals surface area contributed by atoms with E-state index in [0.717, 1.165) is 0 Å². The van der Waals surface area contributed by atoms with E-state index in [9.17, 15) is 14.4 Å². The van der Waals surface area contributed by atoms with Crippen molar-refractivity contribution in [3.05, 3.63) is 0 Å². The number of hydrogen-bond donors (Lipinski definition) is 1. The summed E-state index contributed by atoms with van der Waals surface area (Å²) in [7, 11) is 7.61. The molecular weight excluding hydrogens is 398 g/mol. The number of carbonyl (C=O) groups is 3. The van der Waals surface area contributed by atoms with Crippen LogP contribution in [0.3, 0.4) is 0 Å². The molecule has 1 N–H and O–H groups in total. The van der Waals surface area contributed by atoms with Crippen molar-refractivity contribution in [1.82, 2.24) is 15.1 Å². The van der Waals surface area contributed by atoms with Gasteiger partial charge in [0, 0.05) is 25.0 Å². The van der Waals surface area contributed by atoms with E-state index in [0.29, 0.717) is 19.6 Å². The summed E-state index contributed by atoms with van der Waals surface area (Å²) in [5.41, 5.74) is -2.76. The van der Waals surface area contributed by atoms with Crippen molar-refractivity contribution < 1.29 is 23.9 Å². The average Bonchev–Trinajstić information content (AvgIpc) is 2.59. The highest BCUT2D eigenvalue weighted by Gasteiger charge is 2.48. The third-order valence-corrected chi connectivity index (χ3v) is 5.20. The van der Waals surface area contributed by atoms with Crippen molar-refractivity contribution >= 4 is 17.8 Å². The number of likely N-dealkylation sites (N-methyl/N-ethyl adjacent to an activating group) is 2. The molecule has 8 nitrogen and oxygen atoms in total. The van der Waals surface area contributed by atoms with Crippen LogP contribution in [0.5, 0.6) is 0 Å². The Morgan fingerprint density at radius 2 is 1.16 bits per heavy atom. The fraction of sp³-hybridized carbons (Fsp3) is 0.870. The van der Waals surface area contributed by atoms with Crippen LogP contribution in [-0.2, 0) is 23.9 Å². The number of nitrogens with one attached hydrogen (secondary N) is 1. The summed E-state index contributed by atoms with van der Waals surface area (Å²) in [5, 5.41) is 2.84. The molecule has 31 heavy (non-hydrogen) atoms. The summed E-state index contributed by atoms with van der Waals surface area (Å²) in [6.07, 6.45) is 0.464. The van der Waals surface area contributed by atoms with Gasteiger partial charge in [-0.2, -0.15) is 0 Å². The van der Waals surface area contributed by atoms with Crippen molar-refractivity contribution in [2.75, 3.05) is 61.0 Å². The van der Waals surface area contributed by atoms with E-state index < -0.39 is 22.2 Å². The maximum Gasteiger partial charge on any atom is 0.311 e. The molecule has 0 bridgehead atoms. The molecule has 1 atom stereocenters. The molecule has 0 aliphatic carbocycles. The molecule has 1 amide bonds. The van der Waals surface area contributed by atoms with E-state index in [4.69, 9.17) is 9.47 Å². The molecule has 0 aliphatic heterocycles. The molecule has 0 rings (SSSR count). The average molecular weight is 444 g/mol.